The van der Waals surface area contributed by atoms with Gasteiger partial charge in [0.1, 0.15) is 42.3 Å². The standard InChI is InChI=1S/C42H74N10O14/c1-12-22(10)30(44)38(61)47-25(15-18(2)3)37(60)51-31(19(4)5)40(63)48-26(16-29(56)57)36(59)46-24(13-14-27(43)54)35(58)50-32(20(6)7)41(64)52-34(23(11)53)39(62)45-17-28(55)49-33(21(8)9)42(65)66/h18-26,30-34,53H,12-17,44H2,1-11H3,(H2,43,54)(H,45,62)(H,46,59)(H,47,61)(H,48,63)(H,49,55)(H,50,58)(H,51,60)(H,52,64)(H,56,57)(H,65,66)/t22-,23+,24-,25-,26-,30-,31-,32-,33-,34-/m0/s1. The highest BCUT2D eigenvalue weighted by atomic mass is 16.4. The Morgan fingerprint density at radius 1 is 0.530 bits per heavy atom. The highest BCUT2D eigenvalue weighted by Crippen LogP contribution is 2.12. The number of carboxylic acids is 2. The summed E-state index contributed by atoms with van der Waals surface area (Å²) in [6.45, 7) is 16.9. The lowest BCUT2D eigenvalue weighted by Gasteiger charge is -2.29. The molecule has 0 saturated carbocycles. The van der Waals surface area contributed by atoms with E-state index in [-0.39, 0.29) is 18.3 Å². The number of carbonyl (C=O) groups excluding carboxylic acids is 9. The zero-order chi connectivity index (χ0) is 51.3. The quantitative estimate of drug-likeness (QED) is 0.0343. The zero-order valence-corrected chi connectivity index (χ0v) is 39.8. The van der Waals surface area contributed by atoms with Gasteiger partial charge in [-0.2, -0.15) is 0 Å². The van der Waals surface area contributed by atoms with Gasteiger partial charge >= 0.3 is 11.9 Å². The molecule has 0 saturated heterocycles. The summed E-state index contributed by atoms with van der Waals surface area (Å²) in [6.07, 6.45) is -2.77. The number of nitrogens with one attached hydrogen (secondary N) is 8. The maximum Gasteiger partial charge on any atom is 0.326 e. The van der Waals surface area contributed by atoms with Crippen molar-refractivity contribution in [3.05, 3.63) is 0 Å². The van der Waals surface area contributed by atoms with Gasteiger partial charge in [-0.25, -0.2) is 4.79 Å². The van der Waals surface area contributed by atoms with Gasteiger partial charge in [0.25, 0.3) is 0 Å². The first-order valence-electron chi connectivity index (χ1n) is 22.0. The predicted octanol–water partition coefficient (Wildman–Crippen LogP) is -2.91. The summed E-state index contributed by atoms with van der Waals surface area (Å²) in [5.41, 5.74) is 11.4. The van der Waals surface area contributed by atoms with E-state index in [2.05, 4.69) is 42.5 Å². The van der Waals surface area contributed by atoms with Crippen LogP contribution >= 0.6 is 0 Å². The fourth-order valence-corrected chi connectivity index (χ4v) is 6.20. The lowest BCUT2D eigenvalue weighted by molar-refractivity contribution is -0.143. The van der Waals surface area contributed by atoms with E-state index < -0.39 is 163 Å². The van der Waals surface area contributed by atoms with E-state index in [1.807, 2.05) is 20.8 Å². The van der Waals surface area contributed by atoms with E-state index >= 15 is 0 Å². The predicted molar refractivity (Wildman–Crippen MR) is 238 cm³/mol. The van der Waals surface area contributed by atoms with E-state index in [4.69, 9.17) is 11.5 Å². The van der Waals surface area contributed by atoms with Crippen molar-refractivity contribution >= 4 is 65.1 Å². The second-order valence-electron chi connectivity index (χ2n) is 17.9. The molecule has 0 aliphatic heterocycles. The van der Waals surface area contributed by atoms with Crippen molar-refractivity contribution in [3.8, 4) is 0 Å². The number of carbonyl (C=O) groups is 11. The van der Waals surface area contributed by atoms with Crippen LogP contribution in [0, 0.1) is 29.6 Å². The minimum absolute atomic E-state index is 0.0909. The van der Waals surface area contributed by atoms with Crippen molar-refractivity contribution in [2.24, 2.45) is 41.1 Å². The smallest absolute Gasteiger partial charge is 0.326 e. The van der Waals surface area contributed by atoms with Crippen LogP contribution in [0.4, 0.5) is 0 Å². The van der Waals surface area contributed by atoms with Gasteiger partial charge in [0.2, 0.25) is 53.2 Å². The van der Waals surface area contributed by atoms with Crippen LogP contribution in [-0.4, -0.2) is 141 Å². The van der Waals surface area contributed by atoms with Gasteiger partial charge in [0.15, 0.2) is 0 Å². The molecule has 0 spiro atoms. The Morgan fingerprint density at radius 2 is 0.970 bits per heavy atom. The molecule has 0 radical (unpaired) electrons. The molecule has 66 heavy (non-hydrogen) atoms. The summed E-state index contributed by atoms with van der Waals surface area (Å²) in [4.78, 5) is 142. The molecule has 0 aliphatic carbocycles. The number of rotatable bonds is 30. The molecule has 10 atom stereocenters. The van der Waals surface area contributed by atoms with E-state index in [9.17, 15) is 68.1 Å². The van der Waals surface area contributed by atoms with E-state index in [0.717, 1.165) is 6.92 Å². The van der Waals surface area contributed by atoms with Crippen LogP contribution in [0.2, 0.25) is 0 Å². The Kier molecular flexibility index (Phi) is 26.3. The first-order valence-corrected chi connectivity index (χ1v) is 22.0. The van der Waals surface area contributed by atoms with Crippen LogP contribution in [0.25, 0.3) is 0 Å². The molecule has 24 heteroatoms. The lowest BCUT2D eigenvalue weighted by Crippen LogP contribution is -2.62. The SMILES string of the molecule is CC[C@H](C)[C@H](N)C(=O)N[C@@H](CC(C)C)C(=O)N[C@H](C(=O)N[C@@H](CC(=O)O)C(=O)N[C@@H](CCC(N)=O)C(=O)N[C@H](C(=O)N[C@H](C(=O)NCC(=O)N[C@H](C(=O)O)C(C)C)[C@@H](C)O)C(C)C)C(C)C. The Hall–Kier alpha value is -5.91. The number of amides is 9. The highest BCUT2D eigenvalue weighted by molar-refractivity contribution is 5.99. The van der Waals surface area contributed by atoms with Crippen LogP contribution in [0.15, 0.2) is 0 Å². The number of hydrogen-bond donors (Lipinski definition) is 13. The monoisotopic (exact) mass is 943 g/mol. The van der Waals surface area contributed by atoms with Gasteiger partial charge in [-0.15, -0.1) is 0 Å². The molecule has 0 rings (SSSR count). The molecule has 0 fully saturated rings. The molecular formula is C42H74N10O14. The minimum Gasteiger partial charge on any atom is -0.481 e. The second-order valence-corrected chi connectivity index (χ2v) is 17.9. The number of primary amides is 1. The van der Waals surface area contributed by atoms with Gasteiger partial charge < -0.3 is 69.3 Å². The molecule has 376 valence electrons. The topological polar surface area (TPSA) is 397 Å². The zero-order valence-electron chi connectivity index (χ0n) is 39.8. The van der Waals surface area contributed by atoms with E-state index in [0.29, 0.717) is 6.42 Å². The molecule has 0 aromatic rings. The number of carboxylic acid groups (broad SMARTS) is 2. The second kappa shape index (κ2) is 28.9. The van der Waals surface area contributed by atoms with Crippen molar-refractivity contribution in [1.29, 1.82) is 0 Å². The lowest BCUT2D eigenvalue weighted by atomic mass is 9.97. The summed E-state index contributed by atoms with van der Waals surface area (Å²) in [5.74, 6) is -13.4. The fraction of sp³-hybridized carbons (Fsp3) is 0.738. The van der Waals surface area contributed by atoms with Crippen LogP contribution in [-0.2, 0) is 52.7 Å². The molecule has 9 amide bonds. The van der Waals surface area contributed by atoms with Crippen LogP contribution in [0.1, 0.15) is 108 Å². The molecule has 24 nitrogen and oxygen atoms in total. The molecule has 0 aliphatic rings. The third-order valence-electron chi connectivity index (χ3n) is 10.5. The molecule has 0 aromatic heterocycles. The number of aliphatic hydroxyl groups is 1. The maximum atomic E-state index is 13.8. The van der Waals surface area contributed by atoms with Gasteiger partial charge in [-0.1, -0.05) is 75.7 Å². The normalized spacial score (nSPS) is 15.9. The average molecular weight is 943 g/mol. The van der Waals surface area contributed by atoms with Crippen LogP contribution in [0.5, 0.6) is 0 Å². The van der Waals surface area contributed by atoms with Gasteiger partial charge in [-0.3, -0.25) is 47.9 Å². The largest absolute Gasteiger partial charge is 0.481 e. The number of hydrogen-bond acceptors (Lipinski definition) is 13. The molecule has 0 unspecified atom stereocenters. The van der Waals surface area contributed by atoms with Gasteiger partial charge in [0.05, 0.1) is 25.1 Å². The third-order valence-corrected chi connectivity index (χ3v) is 10.5. The average Bonchev–Trinajstić information content (AvgIpc) is 3.20. The van der Waals surface area contributed by atoms with Gasteiger partial charge in [0, 0.05) is 6.42 Å². The first kappa shape index (κ1) is 60.1. The number of aliphatic carboxylic acids is 2. The van der Waals surface area contributed by atoms with Crippen LogP contribution < -0.4 is 54.0 Å². The summed E-state index contributed by atoms with van der Waals surface area (Å²) in [5, 5.41) is 48.4. The summed E-state index contributed by atoms with van der Waals surface area (Å²) in [6, 6.07) is -11.4. The molecule has 0 aromatic carbocycles. The molecule has 0 bridgehead atoms. The van der Waals surface area contributed by atoms with Crippen molar-refractivity contribution in [3.63, 3.8) is 0 Å². The number of nitrogens with two attached hydrogens (primary N) is 2. The van der Waals surface area contributed by atoms with E-state index in [1.165, 1.54) is 13.8 Å². The molecule has 0 heterocycles. The maximum absolute atomic E-state index is 13.8. The minimum atomic E-state index is -1.87. The Balaban J connectivity index is 6.36. The summed E-state index contributed by atoms with van der Waals surface area (Å²) >= 11 is 0. The van der Waals surface area contributed by atoms with Gasteiger partial charge in [-0.05, 0) is 49.4 Å². The highest BCUT2D eigenvalue weighted by Gasteiger charge is 2.37. The molecule has 15 N–H and O–H groups in total. The Bertz CT molecular complexity index is 1720. The number of aliphatic hydroxyl groups excluding tert-OH is 1. The summed E-state index contributed by atoms with van der Waals surface area (Å²) < 4.78 is 0. The van der Waals surface area contributed by atoms with Crippen molar-refractivity contribution in [1.82, 2.24) is 42.5 Å². The Labute approximate surface area is 385 Å². The van der Waals surface area contributed by atoms with Crippen LogP contribution in [0.3, 0.4) is 0 Å². The van der Waals surface area contributed by atoms with Crippen molar-refractivity contribution in [2.75, 3.05) is 6.54 Å². The fourth-order valence-electron chi connectivity index (χ4n) is 6.20. The third kappa shape index (κ3) is 21.4. The Morgan fingerprint density at radius 3 is 1.39 bits per heavy atom. The first-order chi connectivity index (χ1) is 30.4. The van der Waals surface area contributed by atoms with E-state index in [1.54, 1.807) is 34.6 Å². The van der Waals surface area contributed by atoms with Crippen molar-refractivity contribution < 1.29 is 68.1 Å². The molecular weight excluding hydrogens is 869 g/mol. The summed E-state index contributed by atoms with van der Waals surface area (Å²) in [7, 11) is 0. The van der Waals surface area contributed by atoms with Crippen molar-refractivity contribution in [2.45, 2.75) is 163 Å².